The Bertz CT molecular complexity index is 921. The van der Waals surface area contributed by atoms with Crippen molar-refractivity contribution in [3.8, 4) is 0 Å². The number of aryl methyl sites for hydroxylation is 2. The van der Waals surface area contributed by atoms with E-state index in [1.165, 1.54) is 11.1 Å². The average molecular weight is 368 g/mol. The highest BCUT2D eigenvalue weighted by atomic mass is 16.2. The number of amides is 1. The number of hydrogen-bond donors (Lipinski definition) is 5. The van der Waals surface area contributed by atoms with Crippen LogP contribution in [0.5, 0.6) is 0 Å². The maximum absolute atomic E-state index is 12.4. The Morgan fingerprint density at radius 2 is 2.07 bits per heavy atom. The molecule has 1 unspecified atom stereocenters. The molecule has 0 bridgehead atoms. The second-order valence-corrected chi connectivity index (χ2v) is 6.85. The van der Waals surface area contributed by atoms with E-state index in [2.05, 4.69) is 51.9 Å². The molecule has 1 atom stereocenters. The molecule has 0 aliphatic carbocycles. The molecule has 5 N–H and O–H groups in total. The van der Waals surface area contributed by atoms with Gasteiger partial charge in [-0.3, -0.25) is 14.6 Å². The zero-order chi connectivity index (χ0) is 19.4. The minimum Gasteiger partial charge on any atom is -0.378 e. The summed E-state index contributed by atoms with van der Waals surface area (Å²) in [6.45, 7) is 5.70. The zero-order valence-electron chi connectivity index (χ0n) is 15.5. The smallest absolute Gasteiger partial charge is 0.276 e. The number of rotatable bonds is 7. The van der Waals surface area contributed by atoms with Crippen molar-refractivity contribution in [1.29, 1.82) is 5.41 Å². The monoisotopic (exact) mass is 368 g/mol. The number of aromatic nitrogens is 2. The Labute approximate surface area is 157 Å². The van der Waals surface area contributed by atoms with Gasteiger partial charge in [-0.1, -0.05) is 18.2 Å². The van der Waals surface area contributed by atoms with Crippen LogP contribution in [-0.2, 0) is 11.3 Å². The Hall–Kier alpha value is -3.16. The van der Waals surface area contributed by atoms with Crippen molar-refractivity contribution in [3.63, 3.8) is 0 Å². The van der Waals surface area contributed by atoms with Gasteiger partial charge in [-0.05, 0) is 30.5 Å². The summed E-state index contributed by atoms with van der Waals surface area (Å²) in [6, 6.07) is 6.17. The molecule has 0 radical (unpaired) electrons. The number of benzene rings is 1. The molecule has 1 aromatic heterocycles. The number of carbonyl (C=O) groups is 1. The van der Waals surface area contributed by atoms with Crippen LogP contribution in [0.4, 0.5) is 11.6 Å². The van der Waals surface area contributed by atoms with Gasteiger partial charge in [-0.2, -0.15) is 0 Å². The van der Waals surface area contributed by atoms with Gasteiger partial charge in [0.1, 0.15) is 11.4 Å². The summed E-state index contributed by atoms with van der Waals surface area (Å²) in [4.78, 5) is 30.7. The Morgan fingerprint density at radius 3 is 2.74 bits per heavy atom. The molecule has 1 aromatic carbocycles. The molecule has 0 saturated carbocycles. The first-order valence-electron chi connectivity index (χ1n) is 8.91. The average Bonchev–Trinajstić information content (AvgIpc) is 3.06. The molecule has 27 heavy (non-hydrogen) atoms. The lowest BCUT2D eigenvalue weighted by Gasteiger charge is -2.13. The molecule has 0 spiro atoms. The summed E-state index contributed by atoms with van der Waals surface area (Å²) in [7, 11) is 0. The molecule has 142 valence electrons. The van der Waals surface area contributed by atoms with Gasteiger partial charge < -0.3 is 21.4 Å². The third kappa shape index (κ3) is 4.52. The Balaban J connectivity index is 1.69. The maximum atomic E-state index is 12.4. The highest BCUT2D eigenvalue weighted by Crippen LogP contribution is 2.14. The number of nitrogens with zero attached hydrogens (tertiary/aromatic N) is 1. The Morgan fingerprint density at radius 1 is 1.26 bits per heavy atom. The number of nitrogens with one attached hydrogen (secondary N) is 5. The van der Waals surface area contributed by atoms with Crippen LogP contribution in [-0.4, -0.2) is 35.2 Å². The van der Waals surface area contributed by atoms with E-state index in [1.807, 2.05) is 6.07 Å². The van der Waals surface area contributed by atoms with Crippen LogP contribution >= 0.6 is 0 Å². The SMILES string of the molecule is Cc1ccc(CNc2nc(C=N)c(NCC3CNC(=O)C3)c(=O)[nH]2)cc1C. The maximum Gasteiger partial charge on any atom is 0.276 e. The van der Waals surface area contributed by atoms with E-state index < -0.39 is 0 Å². The van der Waals surface area contributed by atoms with Gasteiger partial charge in [0.15, 0.2) is 0 Å². The topological polar surface area (TPSA) is 123 Å². The quantitative estimate of drug-likeness (QED) is 0.475. The summed E-state index contributed by atoms with van der Waals surface area (Å²) >= 11 is 0. The van der Waals surface area contributed by atoms with Crippen molar-refractivity contribution in [2.75, 3.05) is 23.7 Å². The highest BCUT2D eigenvalue weighted by Gasteiger charge is 2.22. The van der Waals surface area contributed by atoms with Crippen molar-refractivity contribution in [1.82, 2.24) is 15.3 Å². The van der Waals surface area contributed by atoms with E-state index in [9.17, 15) is 9.59 Å². The molecular formula is C19H24N6O2. The number of anilines is 2. The summed E-state index contributed by atoms with van der Waals surface area (Å²) in [5, 5.41) is 16.5. The molecule has 1 amide bonds. The van der Waals surface area contributed by atoms with Gasteiger partial charge >= 0.3 is 0 Å². The largest absolute Gasteiger partial charge is 0.378 e. The van der Waals surface area contributed by atoms with Gasteiger partial charge in [-0.25, -0.2) is 4.98 Å². The van der Waals surface area contributed by atoms with Crippen molar-refractivity contribution < 1.29 is 4.79 Å². The van der Waals surface area contributed by atoms with Crippen LogP contribution < -0.4 is 21.5 Å². The summed E-state index contributed by atoms with van der Waals surface area (Å²) in [6.07, 6.45) is 1.49. The molecule has 2 aromatic rings. The fourth-order valence-corrected chi connectivity index (χ4v) is 3.00. The lowest BCUT2D eigenvalue weighted by molar-refractivity contribution is -0.119. The molecule has 1 aliphatic heterocycles. The summed E-state index contributed by atoms with van der Waals surface area (Å²) < 4.78 is 0. The molecular weight excluding hydrogens is 344 g/mol. The number of H-pyrrole nitrogens is 1. The van der Waals surface area contributed by atoms with E-state index in [1.54, 1.807) is 0 Å². The lowest BCUT2D eigenvalue weighted by atomic mass is 10.1. The van der Waals surface area contributed by atoms with E-state index in [-0.39, 0.29) is 28.8 Å². The third-order valence-corrected chi connectivity index (χ3v) is 4.74. The standard InChI is InChI=1S/C19H24N6O2/c1-11-3-4-13(5-12(11)2)8-23-19-24-15(7-20)17(18(27)25-19)22-10-14-6-16(26)21-9-14/h3-5,7,14,20,22H,6,8-10H2,1-2H3,(H,21,26)(H2,23,24,25,27). The van der Waals surface area contributed by atoms with Gasteiger partial charge in [-0.15, -0.1) is 0 Å². The minimum absolute atomic E-state index is 0.0204. The summed E-state index contributed by atoms with van der Waals surface area (Å²) in [5.74, 6) is 0.463. The normalized spacial score (nSPS) is 16.1. The molecule has 8 nitrogen and oxygen atoms in total. The first-order valence-corrected chi connectivity index (χ1v) is 8.91. The Kier molecular flexibility index (Phi) is 5.54. The fourth-order valence-electron chi connectivity index (χ4n) is 3.00. The van der Waals surface area contributed by atoms with Crippen molar-refractivity contribution in [3.05, 3.63) is 50.9 Å². The van der Waals surface area contributed by atoms with E-state index in [0.717, 1.165) is 11.8 Å². The van der Waals surface area contributed by atoms with Gasteiger partial charge in [0.05, 0.1) is 0 Å². The van der Waals surface area contributed by atoms with Crippen LogP contribution in [0.15, 0.2) is 23.0 Å². The molecule has 1 aliphatic rings. The summed E-state index contributed by atoms with van der Waals surface area (Å²) in [5.41, 5.74) is 3.68. The van der Waals surface area contributed by atoms with Crippen LogP contribution in [0.1, 0.15) is 28.8 Å². The first-order chi connectivity index (χ1) is 13.0. The lowest BCUT2D eigenvalue weighted by Crippen LogP contribution is -2.24. The van der Waals surface area contributed by atoms with Gasteiger partial charge in [0.25, 0.3) is 5.56 Å². The van der Waals surface area contributed by atoms with Gasteiger partial charge in [0, 0.05) is 38.2 Å². The van der Waals surface area contributed by atoms with Crippen molar-refractivity contribution >= 4 is 23.8 Å². The zero-order valence-corrected chi connectivity index (χ0v) is 15.5. The molecule has 3 rings (SSSR count). The van der Waals surface area contributed by atoms with E-state index >= 15 is 0 Å². The van der Waals surface area contributed by atoms with Crippen LogP contribution in [0, 0.1) is 25.2 Å². The molecule has 2 heterocycles. The fraction of sp³-hybridized carbons (Fsp3) is 0.368. The predicted octanol–water partition coefficient (Wildman–Crippen LogP) is 1.54. The van der Waals surface area contributed by atoms with Gasteiger partial charge in [0.2, 0.25) is 11.9 Å². The highest BCUT2D eigenvalue weighted by molar-refractivity contribution is 5.83. The first kappa shape index (κ1) is 18.6. The van der Waals surface area contributed by atoms with Crippen LogP contribution in [0.3, 0.4) is 0 Å². The minimum atomic E-state index is -0.344. The van der Waals surface area contributed by atoms with Crippen molar-refractivity contribution in [2.24, 2.45) is 5.92 Å². The van der Waals surface area contributed by atoms with E-state index in [4.69, 9.17) is 5.41 Å². The molecule has 8 heteroatoms. The second-order valence-electron chi connectivity index (χ2n) is 6.85. The third-order valence-electron chi connectivity index (χ3n) is 4.74. The number of carbonyl (C=O) groups excluding carboxylic acids is 1. The van der Waals surface area contributed by atoms with E-state index in [0.29, 0.717) is 32.0 Å². The van der Waals surface area contributed by atoms with Crippen LogP contribution in [0.2, 0.25) is 0 Å². The number of hydrogen-bond acceptors (Lipinski definition) is 6. The second kappa shape index (κ2) is 8.03. The van der Waals surface area contributed by atoms with Crippen LogP contribution in [0.25, 0.3) is 0 Å². The predicted molar refractivity (Wildman–Crippen MR) is 106 cm³/mol. The molecule has 1 fully saturated rings. The van der Waals surface area contributed by atoms with Crippen molar-refractivity contribution in [2.45, 2.75) is 26.8 Å². The molecule has 1 saturated heterocycles. The number of aromatic amines is 1.